The van der Waals surface area contributed by atoms with E-state index in [-0.39, 0.29) is 11.4 Å². The average molecular weight is 398 g/mol. The van der Waals surface area contributed by atoms with Crippen molar-refractivity contribution >= 4 is 21.6 Å². The molecule has 0 aliphatic heterocycles. The molecule has 7 heteroatoms. The molecule has 0 aliphatic carbocycles. The Kier molecular flexibility index (Phi) is 7.06. The predicted molar refractivity (Wildman–Crippen MR) is 103 cm³/mol. The van der Waals surface area contributed by atoms with E-state index in [2.05, 4.69) is 4.72 Å². The third-order valence-corrected chi connectivity index (χ3v) is 5.78. The van der Waals surface area contributed by atoms with Gasteiger partial charge in [0, 0.05) is 24.2 Å². The van der Waals surface area contributed by atoms with Crippen LogP contribution in [0.25, 0.3) is 0 Å². The van der Waals surface area contributed by atoms with Crippen LogP contribution in [0.3, 0.4) is 0 Å². The highest BCUT2D eigenvalue weighted by Gasteiger charge is 2.21. The van der Waals surface area contributed by atoms with Crippen molar-refractivity contribution in [3.05, 3.63) is 58.1 Å². The van der Waals surface area contributed by atoms with E-state index < -0.39 is 16.1 Å². The van der Waals surface area contributed by atoms with Crippen LogP contribution in [0.2, 0.25) is 5.02 Å². The SMILES string of the molecule is CCOc1c(C)cc(S(=O)(=O)NCC(OC)c2ccccc2Cl)cc1C. The minimum Gasteiger partial charge on any atom is -0.493 e. The Morgan fingerprint density at radius 1 is 1.15 bits per heavy atom. The van der Waals surface area contributed by atoms with Gasteiger partial charge in [0.25, 0.3) is 0 Å². The molecule has 0 amide bonds. The molecule has 2 rings (SSSR count). The maximum Gasteiger partial charge on any atom is 0.240 e. The van der Waals surface area contributed by atoms with Gasteiger partial charge in [-0.2, -0.15) is 0 Å². The summed E-state index contributed by atoms with van der Waals surface area (Å²) in [7, 11) is -2.17. The number of aryl methyl sites for hydroxylation is 2. The molecule has 0 aromatic heterocycles. The van der Waals surface area contributed by atoms with Crippen molar-refractivity contribution in [1.29, 1.82) is 0 Å². The lowest BCUT2D eigenvalue weighted by Crippen LogP contribution is -2.29. The zero-order chi connectivity index (χ0) is 19.3. The highest BCUT2D eigenvalue weighted by Crippen LogP contribution is 2.28. The maximum atomic E-state index is 12.7. The third-order valence-electron chi connectivity index (χ3n) is 4.03. The lowest BCUT2D eigenvalue weighted by molar-refractivity contribution is 0.107. The van der Waals surface area contributed by atoms with Crippen LogP contribution < -0.4 is 9.46 Å². The number of methoxy groups -OCH3 is 1. The largest absolute Gasteiger partial charge is 0.493 e. The van der Waals surface area contributed by atoms with E-state index in [1.807, 2.05) is 39.0 Å². The van der Waals surface area contributed by atoms with Crippen LogP contribution in [0, 0.1) is 13.8 Å². The first kappa shape index (κ1) is 20.7. The van der Waals surface area contributed by atoms with Crippen LogP contribution in [0.1, 0.15) is 29.7 Å². The van der Waals surface area contributed by atoms with Gasteiger partial charge in [0.2, 0.25) is 10.0 Å². The fourth-order valence-electron chi connectivity index (χ4n) is 2.76. The molecule has 0 radical (unpaired) electrons. The Labute approximate surface area is 160 Å². The Morgan fingerprint density at radius 3 is 2.31 bits per heavy atom. The summed E-state index contributed by atoms with van der Waals surface area (Å²) in [4.78, 5) is 0.199. The monoisotopic (exact) mass is 397 g/mol. The summed E-state index contributed by atoms with van der Waals surface area (Å²) in [5.41, 5.74) is 2.29. The normalized spacial score (nSPS) is 12.8. The van der Waals surface area contributed by atoms with E-state index in [1.54, 1.807) is 18.2 Å². The smallest absolute Gasteiger partial charge is 0.240 e. The number of ether oxygens (including phenoxy) is 2. The van der Waals surface area contributed by atoms with Crippen LogP contribution in [-0.2, 0) is 14.8 Å². The van der Waals surface area contributed by atoms with Crippen molar-refractivity contribution in [1.82, 2.24) is 4.72 Å². The molecule has 0 bridgehead atoms. The second-order valence-corrected chi connectivity index (χ2v) is 8.09. The first-order chi connectivity index (χ1) is 12.3. The van der Waals surface area contributed by atoms with E-state index in [0.717, 1.165) is 22.4 Å². The molecule has 1 atom stereocenters. The van der Waals surface area contributed by atoms with Gasteiger partial charge in [-0.05, 0) is 50.1 Å². The molecule has 2 aromatic rings. The highest BCUT2D eigenvalue weighted by molar-refractivity contribution is 7.89. The topological polar surface area (TPSA) is 64.6 Å². The van der Waals surface area contributed by atoms with Crippen molar-refractivity contribution in [3.63, 3.8) is 0 Å². The first-order valence-electron chi connectivity index (χ1n) is 8.31. The number of halogens is 1. The Balaban J connectivity index is 2.22. The Bertz CT molecular complexity index is 845. The molecule has 2 aromatic carbocycles. The molecule has 0 saturated heterocycles. The van der Waals surface area contributed by atoms with E-state index in [0.29, 0.717) is 11.6 Å². The van der Waals surface area contributed by atoms with Crippen LogP contribution in [-0.4, -0.2) is 28.7 Å². The fourth-order valence-corrected chi connectivity index (χ4v) is 4.22. The molecular formula is C19H24ClNO4S. The van der Waals surface area contributed by atoms with Gasteiger partial charge in [0.15, 0.2) is 0 Å². The lowest BCUT2D eigenvalue weighted by atomic mass is 10.1. The standard InChI is InChI=1S/C19H24ClNO4S/c1-5-25-19-13(2)10-15(11-14(19)3)26(22,23)21-12-18(24-4)16-8-6-7-9-17(16)20/h6-11,18,21H,5,12H2,1-4H3. The van der Waals surface area contributed by atoms with Crippen molar-refractivity contribution < 1.29 is 17.9 Å². The molecule has 1 unspecified atom stereocenters. The molecule has 0 spiro atoms. The number of hydrogen-bond donors (Lipinski definition) is 1. The van der Waals surface area contributed by atoms with Gasteiger partial charge in [0.1, 0.15) is 5.75 Å². The number of benzene rings is 2. The van der Waals surface area contributed by atoms with Gasteiger partial charge >= 0.3 is 0 Å². The quantitative estimate of drug-likeness (QED) is 0.730. The Morgan fingerprint density at radius 2 is 1.77 bits per heavy atom. The van der Waals surface area contributed by atoms with Gasteiger partial charge in [-0.15, -0.1) is 0 Å². The second-order valence-electron chi connectivity index (χ2n) is 5.92. The fraction of sp³-hybridized carbons (Fsp3) is 0.368. The van der Waals surface area contributed by atoms with Crippen LogP contribution in [0.4, 0.5) is 0 Å². The molecular weight excluding hydrogens is 374 g/mol. The van der Waals surface area contributed by atoms with E-state index in [4.69, 9.17) is 21.1 Å². The summed E-state index contributed by atoms with van der Waals surface area (Å²) >= 11 is 6.18. The minimum absolute atomic E-state index is 0.0773. The molecule has 5 nitrogen and oxygen atoms in total. The number of nitrogens with one attached hydrogen (secondary N) is 1. The maximum absolute atomic E-state index is 12.7. The van der Waals surface area contributed by atoms with Crippen molar-refractivity contribution in [2.24, 2.45) is 0 Å². The van der Waals surface area contributed by atoms with Gasteiger partial charge < -0.3 is 9.47 Å². The van der Waals surface area contributed by atoms with Gasteiger partial charge in [-0.3, -0.25) is 0 Å². The Hall–Kier alpha value is -1.60. The van der Waals surface area contributed by atoms with Crippen molar-refractivity contribution in [2.75, 3.05) is 20.3 Å². The zero-order valence-corrected chi connectivity index (χ0v) is 16.9. The highest BCUT2D eigenvalue weighted by atomic mass is 35.5. The van der Waals surface area contributed by atoms with E-state index in [1.165, 1.54) is 7.11 Å². The number of rotatable bonds is 8. The molecule has 142 valence electrons. The van der Waals surface area contributed by atoms with Gasteiger partial charge in [-0.1, -0.05) is 29.8 Å². The van der Waals surface area contributed by atoms with Crippen LogP contribution in [0.15, 0.2) is 41.3 Å². The van der Waals surface area contributed by atoms with E-state index >= 15 is 0 Å². The first-order valence-corrected chi connectivity index (χ1v) is 10.2. The summed E-state index contributed by atoms with van der Waals surface area (Å²) in [6.45, 7) is 6.16. The molecule has 0 fully saturated rings. The zero-order valence-electron chi connectivity index (χ0n) is 15.4. The summed E-state index contributed by atoms with van der Waals surface area (Å²) in [6.07, 6.45) is -0.483. The van der Waals surface area contributed by atoms with Crippen molar-refractivity contribution in [2.45, 2.75) is 31.8 Å². The van der Waals surface area contributed by atoms with Gasteiger partial charge in [0.05, 0.1) is 17.6 Å². The second kappa shape index (κ2) is 8.86. The van der Waals surface area contributed by atoms with Crippen molar-refractivity contribution in [3.8, 4) is 5.75 Å². The molecule has 1 N–H and O–H groups in total. The summed E-state index contributed by atoms with van der Waals surface area (Å²) in [5, 5.41) is 0.534. The molecule has 0 saturated carbocycles. The molecule has 0 heterocycles. The summed E-state index contributed by atoms with van der Waals surface area (Å²) < 4.78 is 39.0. The average Bonchev–Trinajstić information content (AvgIpc) is 2.59. The van der Waals surface area contributed by atoms with Crippen LogP contribution >= 0.6 is 11.6 Å². The number of hydrogen-bond acceptors (Lipinski definition) is 4. The third kappa shape index (κ3) is 4.76. The lowest BCUT2D eigenvalue weighted by Gasteiger charge is -2.18. The van der Waals surface area contributed by atoms with E-state index in [9.17, 15) is 8.42 Å². The van der Waals surface area contributed by atoms with Gasteiger partial charge in [-0.25, -0.2) is 13.1 Å². The van der Waals surface area contributed by atoms with Crippen LogP contribution in [0.5, 0.6) is 5.75 Å². The predicted octanol–water partition coefficient (Wildman–Crippen LogP) is 4.02. The minimum atomic E-state index is -3.69. The molecule has 26 heavy (non-hydrogen) atoms. The summed E-state index contributed by atoms with van der Waals surface area (Å²) in [6, 6.07) is 10.4. The molecule has 0 aliphatic rings. The number of sulfonamides is 1. The summed E-state index contributed by atoms with van der Waals surface area (Å²) in [5.74, 6) is 0.720.